The molecule has 1 aliphatic heterocycles. The molecule has 6 nitrogen and oxygen atoms in total. The van der Waals surface area contributed by atoms with Gasteiger partial charge in [0.15, 0.2) is 0 Å². The van der Waals surface area contributed by atoms with Crippen LogP contribution in [-0.2, 0) is 19.4 Å². The first-order chi connectivity index (χ1) is 14.7. The van der Waals surface area contributed by atoms with Crippen LogP contribution < -0.4 is 15.6 Å². The molecule has 160 valence electrons. The van der Waals surface area contributed by atoms with Crippen molar-refractivity contribution < 1.29 is 13.5 Å². The quantitative estimate of drug-likeness (QED) is 0.521. The van der Waals surface area contributed by atoms with Crippen LogP contribution in [0.1, 0.15) is 17.0 Å². The largest absolute Gasteiger partial charge is 0.487 e. The third-order valence-electron chi connectivity index (χ3n) is 5.28. The predicted octanol–water partition coefficient (Wildman–Crippen LogP) is 3.81. The number of hydrogen-bond acceptors (Lipinski definition) is 5. The first-order valence-electron chi connectivity index (χ1n) is 9.89. The van der Waals surface area contributed by atoms with Crippen molar-refractivity contribution in [1.82, 2.24) is 14.9 Å². The normalized spacial score (nSPS) is 13.3. The zero-order valence-corrected chi connectivity index (χ0v) is 17.5. The standard InChI is InChI=1S/C23H20FN3O3.ClH/c24-15-1-2-16(26-13-15)14-29-18-7-10-27(23(28)12-18)17-3-4-21-20(11-17)19-5-8-25-9-6-22(19)30-21;/h1-4,7,10-13,25H,5-6,8-9,14H2;1H. The number of nitrogens with one attached hydrogen (secondary N) is 1. The van der Waals surface area contributed by atoms with E-state index < -0.39 is 5.82 Å². The maximum Gasteiger partial charge on any atom is 0.258 e. The second-order valence-electron chi connectivity index (χ2n) is 7.26. The summed E-state index contributed by atoms with van der Waals surface area (Å²) in [4.78, 5) is 16.6. The number of hydrogen-bond donors (Lipinski definition) is 1. The lowest BCUT2D eigenvalue weighted by Crippen LogP contribution is -2.17. The summed E-state index contributed by atoms with van der Waals surface area (Å²) in [5.41, 5.74) is 3.23. The Kier molecular flexibility index (Phi) is 6.06. The smallest absolute Gasteiger partial charge is 0.258 e. The van der Waals surface area contributed by atoms with Crippen molar-refractivity contribution in [3.8, 4) is 11.4 Å². The summed E-state index contributed by atoms with van der Waals surface area (Å²) in [7, 11) is 0. The molecule has 0 radical (unpaired) electrons. The maximum absolute atomic E-state index is 12.9. The lowest BCUT2D eigenvalue weighted by molar-refractivity contribution is 0.300. The monoisotopic (exact) mass is 441 g/mol. The number of halogens is 2. The average Bonchev–Trinajstić information content (AvgIpc) is 2.93. The Morgan fingerprint density at radius 3 is 2.81 bits per heavy atom. The van der Waals surface area contributed by atoms with Crippen molar-refractivity contribution in [2.75, 3.05) is 13.1 Å². The fourth-order valence-electron chi connectivity index (χ4n) is 3.77. The summed E-state index contributed by atoms with van der Waals surface area (Å²) < 4.78 is 26.2. The molecule has 0 aliphatic carbocycles. The second-order valence-corrected chi connectivity index (χ2v) is 7.26. The van der Waals surface area contributed by atoms with Gasteiger partial charge in [-0.3, -0.25) is 14.3 Å². The van der Waals surface area contributed by atoms with Crippen molar-refractivity contribution >= 4 is 23.4 Å². The summed E-state index contributed by atoms with van der Waals surface area (Å²) >= 11 is 0. The summed E-state index contributed by atoms with van der Waals surface area (Å²) in [5, 5.41) is 4.44. The zero-order valence-electron chi connectivity index (χ0n) is 16.6. The van der Waals surface area contributed by atoms with Crippen molar-refractivity contribution in [2.24, 2.45) is 0 Å². The van der Waals surface area contributed by atoms with Gasteiger partial charge in [0.05, 0.1) is 11.9 Å². The van der Waals surface area contributed by atoms with Crippen LogP contribution in [0.5, 0.6) is 5.75 Å². The van der Waals surface area contributed by atoms with E-state index in [-0.39, 0.29) is 24.6 Å². The SMILES string of the molecule is Cl.O=c1cc(OCc2ccc(F)cn2)ccn1-c1ccc2oc3c(c2c1)CCNCC3. The molecule has 31 heavy (non-hydrogen) atoms. The molecule has 0 unspecified atom stereocenters. The Bertz CT molecular complexity index is 1270. The average molecular weight is 442 g/mol. The Labute approximate surface area is 184 Å². The molecule has 0 amide bonds. The van der Waals surface area contributed by atoms with Crippen LogP contribution >= 0.6 is 12.4 Å². The topological polar surface area (TPSA) is 69.3 Å². The fraction of sp³-hybridized carbons (Fsp3) is 0.217. The van der Waals surface area contributed by atoms with E-state index in [1.807, 2.05) is 18.2 Å². The van der Waals surface area contributed by atoms with Crippen LogP contribution in [0, 0.1) is 5.82 Å². The second kappa shape index (κ2) is 8.91. The highest BCUT2D eigenvalue weighted by Crippen LogP contribution is 2.29. The summed E-state index contributed by atoms with van der Waals surface area (Å²) in [5.74, 6) is 1.06. The summed E-state index contributed by atoms with van der Waals surface area (Å²) in [6.45, 7) is 1.99. The van der Waals surface area contributed by atoms with Gasteiger partial charge >= 0.3 is 0 Å². The number of benzene rings is 1. The van der Waals surface area contributed by atoms with Crippen LogP contribution in [-0.4, -0.2) is 22.6 Å². The van der Waals surface area contributed by atoms with E-state index in [0.717, 1.165) is 54.5 Å². The van der Waals surface area contributed by atoms with Gasteiger partial charge < -0.3 is 14.5 Å². The first-order valence-corrected chi connectivity index (χ1v) is 9.89. The molecule has 3 aromatic heterocycles. The molecule has 4 heterocycles. The zero-order chi connectivity index (χ0) is 20.5. The number of nitrogens with zero attached hydrogens (tertiary/aromatic N) is 2. The van der Waals surface area contributed by atoms with Gasteiger partial charge in [-0.2, -0.15) is 0 Å². The van der Waals surface area contributed by atoms with Gasteiger partial charge in [0.2, 0.25) is 0 Å². The van der Waals surface area contributed by atoms with Crippen LogP contribution in [0.3, 0.4) is 0 Å². The van der Waals surface area contributed by atoms with Crippen LogP contribution in [0.15, 0.2) is 64.1 Å². The minimum atomic E-state index is -0.399. The Balaban J connectivity index is 0.00000231. The van der Waals surface area contributed by atoms with Crippen LogP contribution in [0.2, 0.25) is 0 Å². The van der Waals surface area contributed by atoms with Gasteiger partial charge in [-0.15, -0.1) is 12.4 Å². The number of aromatic nitrogens is 2. The predicted molar refractivity (Wildman–Crippen MR) is 118 cm³/mol. The Hall–Kier alpha value is -3.16. The number of fused-ring (bicyclic) bond motifs is 3. The molecule has 8 heteroatoms. The maximum atomic E-state index is 12.9. The summed E-state index contributed by atoms with van der Waals surface area (Å²) in [6.07, 6.45) is 4.61. The van der Waals surface area contributed by atoms with E-state index >= 15 is 0 Å². The van der Waals surface area contributed by atoms with Gasteiger partial charge in [-0.1, -0.05) is 0 Å². The fourth-order valence-corrected chi connectivity index (χ4v) is 3.77. The molecule has 0 saturated carbocycles. The van der Waals surface area contributed by atoms with E-state index in [1.54, 1.807) is 22.9 Å². The highest BCUT2D eigenvalue weighted by Gasteiger charge is 2.17. The number of furan rings is 1. The van der Waals surface area contributed by atoms with E-state index in [2.05, 4.69) is 10.3 Å². The van der Waals surface area contributed by atoms with Gasteiger partial charge in [-0.05, 0) is 49.4 Å². The third-order valence-corrected chi connectivity index (χ3v) is 5.28. The number of ether oxygens (including phenoxy) is 1. The van der Waals surface area contributed by atoms with E-state index in [9.17, 15) is 9.18 Å². The highest BCUT2D eigenvalue weighted by atomic mass is 35.5. The Morgan fingerprint density at radius 2 is 2.00 bits per heavy atom. The van der Waals surface area contributed by atoms with Crippen molar-refractivity contribution in [3.63, 3.8) is 0 Å². The number of pyridine rings is 2. The molecule has 0 fully saturated rings. The summed E-state index contributed by atoms with van der Waals surface area (Å²) in [6, 6.07) is 11.9. The molecule has 4 aromatic rings. The van der Waals surface area contributed by atoms with Crippen molar-refractivity contribution in [1.29, 1.82) is 0 Å². The van der Waals surface area contributed by atoms with Crippen molar-refractivity contribution in [2.45, 2.75) is 19.4 Å². The van der Waals surface area contributed by atoms with Crippen molar-refractivity contribution in [3.05, 3.63) is 88.0 Å². The minimum absolute atomic E-state index is 0. The van der Waals surface area contributed by atoms with Crippen LogP contribution in [0.4, 0.5) is 4.39 Å². The molecule has 5 rings (SSSR count). The van der Waals surface area contributed by atoms with Gasteiger partial charge in [-0.25, -0.2) is 4.39 Å². The molecule has 0 spiro atoms. The molecular formula is C23H21ClFN3O3. The Morgan fingerprint density at radius 1 is 1.13 bits per heavy atom. The molecule has 1 aliphatic rings. The molecule has 0 atom stereocenters. The third kappa shape index (κ3) is 4.33. The molecular weight excluding hydrogens is 421 g/mol. The van der Waals surface area contributed by atoms with Gasteiger partial charge in [0.1, 0.15) is 29.5 Å². The van der Waals surface area contributed by atoms with E-state index in [1.165, 1.54) is 17.7 Å². The van der Waals surface area contributed by atoms with E-state index in [4.69, 9.17) is 9.15 Å². The lowest BCUT2D eigenvalue weighted by Gasteiger charge is -2.09. The van der Waals surface area contributed by atoms with Gasteiger partial charge in [0.25, 0.3) is 5.56 Å². The van der Waals surface area contributed by atoms with Gasteiger partial charge in [0, 0.05) is 41.9 Å². The molecule has 0 bridgehead atoms. The number of rotatable bonds is 4. The molecule has 1 N–H and O–H groups in total. The highest BCUT2D eigenvalue weighted by molar-refractivity contribution is 5.85. The minimum Gasteiger partial charge on any atom is -0.487 e. The first kappa shape index (κ1) is 21.1. The van der Waals surface area contributed by atoms with E-state index in [0.29, 0.717) is 11.4 Å². The van der Waals surface area contributed by atoms with Crippen LogP contribution in [0.25, 0.3) is 16.7 Å². The molecule has 1 aromatic carbocycles. The molecule has 0 saturated heterocycles. The lowest BCUT2D eigenvalue weighted by atomic mass is 10.1.